The Hall–Kier alpha value is -2.21. The molecule has 0 atom stereocenters. The van der Waals surface area contributed by atoms with Crippen LogP contribution < -0.4 is 5.32 Å². The van der Waals surface area contributed by atoms with Gasteiger partial charge >= 0.3 is 5.97 Å². The second kappa shape index (κ2) is 7.78. The van der Waals surface area contributed by atoms with Crippen molar-refractivity contribution in [2.45, 2.75) is 25.0 Å². The Kier molecular flexibility index (Phi) is 5.48. The molecule has 2 aromatic carbocycles. The van der Waals surface area contributed by atoms with E-state index in [2.05, 4.69) is 5.32 Å². The average Bonchev–Trinajstić information content (AvgIpc) is 2.63. The summed E-state index contributed by atoms with van der Waals surface area (Å²) in [5, 5.41) is 23.0. The minimum Gasteiger partial charge on any atom is -0.478 e. The number of aliphatic hydroxyl groups is 1. The number of ether oxygens (including phenoxy) is 1. The first-order valence-electron chi connectivity index (χ1n) is 8.50. The van der Waals surface area contributed by atoms with Crippen molar-refractivity contribution in [1.82, 2.24) is 5.32 Å². The lowest BCUT2D eigenvalue weighted by Crippen LogP contribution is -2.44. The summed E-state index contributed by atoms with van der Waals surface area (Å²) < 4.78 is 5.28. The van der Waals surface area contributed by atoms with Crippen LogP contribution in [0.3, 0.4) is 0 Å². The van der Waals surface area contributed by atoms with Gasteiger partial charge in [0.05, 0.1) is 11.2 Å². The van der Waals surface area contributed by atoms with E-state index >= 15 is 0 Å². The number of carboxylic acids is 1. The number of rotatable bonds is 6. The zero-order valence-electron chi connectivity index (χ0n) is 14.1. The number of nitrogens with one attached hydrogen (secondary N) is 1. The predicted molar refractivity (Wildman–Crippen MR) is 95.5 cm³/mol. The van der Waals surface area contributed by atoms with Crippen LogP contribution >= 0.6 is 0 Å². The van der Waals surface area contributed by atoms with Crippen LogP contribution in [0.1, 0.15) is 28.8 Å². The number of benzene rings is 2. The van der Waals surface area contributed by atoms with Gasteiger partial charge in [-0.05, 0) is 22.8 Å². The standard InChI is InChI=1S/C20H23NO4/c22-19(23)18-4-2-1-3-17(18)16-7-5-15(6-8-16)13-21-14-20(24)9-11-25-12-10-20/h1-8,21,24H,9-14H2,(H,22,23). The zero-order valence-corrected chi connectivity index (χ0v) is 14.1. The van der Waals surface area contributed by atoms with Gasteiger partial charge in [0.1, 0.15) is 0 Å². The molecule has 132 valence electrons. The van der Waals surface area contributed by atoms with E-state index in [4.69, 9.17) is 4.74 Å². The molecule has 0 spiro atoms. The molecule has 25 heavy (non-hydrogen) atoms. The van der Waals surface area contributed by atoms with E-state index in [9.17, 15) is 15.0 Å². The van der Waals surface area contributed by atoms with E-state index in [1.807, 2.05) is 36.4 Å². The Morgan fingerprint density at radius 1 is 1.08 bits per heavy atom. The number of hydrogen-bond donors (Lipinski definition) is 3. The van der Waals surface area contributed by atoms with Crippen molar-refractivity contribution in [2.75, 3.05) is 19.8 Å². The average molecular weight is 341 g/mol. The maximum absolute atomic E-state index is 11.3. The van der Waals surface area contributed by atoms with Gasteiger partial charge in [0, 0.05) is 39.1 Å². The van der Waals surface area contributed by atoms with Crippen molar-refractivity contribution in [3.8, 4) is 11.1 Å². The molecule has 1 saturated heterocycles. The highest BCUT2D eigenvalue weighted by atomic mass is 16.5. The maximum atomic E-state index is 11.3. The molecule has 5 heteroatoms. The molecule has 0 radical (unpaired) electrons. The number of hydrogen-bond acceptors (Lipinski definition) is 4. The van der Waals surface area contributed by atoms with E-state index in [1.54, 1.807) is 12.1 Å². The third-order valence-corrected chi connectivity index (χ3v) is 4.63. The van der Waals surface area contributed by atoms with Gasteiger partial charge in [-0.1, -0.05) is 42.5 Å². The van der Waals surface area contributed by atoms with Crippen LogP contribution in [0, 0.1) is 0 Å². The highest BCUT2D eigenvalue weighted by Crippen LogP contribution is 2.24. The summed E-state index contributed by atoms with van der Waals surface area (Å²) in [7, 11) is 0. The van der Waals surface area contributed by atoms with Crippen LogP contribution in [0.15, 0.2) is 48.5 Å². The lowest BCUT2D eigenvalue weighted by molar-refractivity contribution is -0.0617. The summed E-state index contributed by atoms with van der Waals surface area (Å²) in [4.78, 5) is 11.3. The minimum atomic E-state index is -0.925. The molecule has 0 amide bonds. The van der Waals surface area contributed by atoms with E-state index in [1.165, 1.54) is 0 Å². The summed E-state index contributed by atoms with van der Waals surface area (Å²) >= 11 is 0. The Labute approximate surface area is 147 Å². The summed E-state index contributed by atoms with van der Waals surface area (Å²) in [6.07, 6.45) is 1.32. The van der Waals surface area contributed by atoms with E-state index in [0.29, 0.717) is 50.3 Å². The van der Waals surface area contributed by atoms with Crippen molar-refractivity contribution in [1.29, 1.82) is 0 Å². The molecule has 0 bridgehead atoms. The smallest absolute Gasteiger partial charge is 0.336 e. The highest BCUT2D eigenvalue weighted by molar-refractivity contribution is 5.95. The molecule has 3 N–H and O–H groups in total. The Morgan fingerprint density at radius 3 is 2.44 bits per heavy atom. The number of aromatic carboxylic acids is 1. The molecule has 0 unspecified atom stereocenters. The largest absolute Gasteiger partial charge is 0.478 e. The molecular formula is C20H23NO4. The first-order valence-corrected chi connectivity index (χ1v) is 8.50. The number of carboxylic acid groups (broad SMARTS) is 1. The highest BCUT2D eigenvalue weighted by Gasteiger charge is 2.29. The fraction of sp³-hybridized carbons (Fsp3) is 0.350. The Morgan fingerprint density at radius 2 is 1.76 bits per heavy atom. The van der Waals surface area contributed by atoms with Crippen molar-refractivity contribution in [2.24, 2.45) is 0 Å². The SMILES string of the molecule is O=C(O)c1ccccc1-c1ccc(CNCC2(O)CCOCC2)cc1. The van der Waals surface area contributed by atoms with Crippen LogP contribution in [0.25, 0.3) is 11.1 Å². The van der Waals surface area contributed by atoms with Crippen LogP contribution in [0.5, 0.6) is 0 Å². The van der Waals surface area contributed by atoms with Gasteiger partial charge in [-0.15, -0.1) is 0 Å². The summed E-state index contributed by atoms with van der Waals surface area (Å²) in [6, 6.07) is 14.8. The number of carbonyl (C=O) groups is 1. The molecule has 1 aliphatic rings. The van der Waals surface area contributed by atoms with Crippen LogP contribution in [-0.2, 0) is 11.3 Å². The second-order valence-electron chi connectivity index (χ2n) is 6.49. The van der Waals surface area contributed by atoms with Gasteiger partial charge in [-0.25, -0.2) is 4.79 Å². The normalized spacial score (nSPS) is 16.5. The van der Waals surface area contributed by atoms with Crippen LogP contribution in [-0.4, -0.2) is 41.5 Å². The minimum absolute atomic E-state index is 0.301. The van der Waals surface area contributed by atoms with Gasteiger partial charge in [-0.3, -0.25) is 0 Å². The van der Waals surface area contributed by atoms with E-state index in [0.717, 1.165) is 11.1 Å². The van der Waals surface area contributed by atoms with Crippen molar-refractivity contribution in [3.05, 3.63) is 59.7 Å². The van der Waals surface area contributed by atoms with Crippen molar-refractivity contribution < 1.29 is 19.7 Å². The third-order valence-electron chi connectivity index (χ3n) is 4.63. The molecule has 3 rings (SSSR count). The lowest BCUT2D eigenvalue weighted by Gasteiger charge is -2.32. The van der Waals surface area contributed by atoms with E-state index in [-0.39, 0.29) is 0 Å². The molecule has 1 fully saturated rings. The van der Waals surface area contributed by atoms with Gasteiger partial charge in [0.15, 0.2) is 0 Å². The van der Waals surface area contributed by atoms with Gasteiger partial charge in [0.25, 0.3) is 0 Å². The Bertz CT molecular complexity index is 721. The molecule has 5 nitrogen and oxygen atoms in total. The molecule has 1 heterocycles. The summed E-state index contributed by atoms with van der Waals surface area (Å²) in [5.74, 6) is -0.925. The van der Waals surface area contributed by atoms with Crippen molar-refractivity contribution in [3.63, 3.8) is 0 Å². The fourth-order valence-corrected chi connectivity index (χ4v) is 3.09. The molecule has 0 saturated carbocycles. The Balaban J connectivity index is 1.62. The van der Waals surface area contributed by atoms with Crippen molar-refractivity contribution >= 4 is 5.97 Å². The van der Waals surface area contributed by atoms with Gasteiger partial charge in [0.2, 0.25) is 0 Å². The first-order chi connectivity index (χ1) is 12.1. The predicted octanol–water partition coefficient (Wildman–Crippen LogP) is 2.68. The van der Waals surface area contributed by atoms with Gasteiger partial charge in [-0.2, -0.15) is 0 Å². The third kappa shape index (κ3) is 4.45. The lowest BCUT2D eigenvalue weighted by atomic mass is 9.94. The molecule has 0 aromatic heterocycles. The maximum Gasteiger partial charge on any atom is 0.336 e. The molecule has 0 aliphatic carbocycles. The monoisotopic (exact) mass is 341 g/mol. The topological polar surface area (TPSA) is 78.8 Å². The quantitative estimate of drug-likeness (QED) is 0.753. The zero-order chi connectivity index (χ0) is 17.7. The van der Waals surface area contributed by atoms with E-state index < -0.39 is 11.6 Å². The first kappa shape index (κ1) is 17.6. The molecular weight excluding hydrogens is 318 g/mol. The second-order valence-corrected chi connectivity index (χ2v) is 6.49. The summed E-state index contributed by atoms with van der Waals surface area (Å²) in [5.41, 5.74) is 2.30. The summed E-state index contributed by atoms with van der Waals surface area (Å²) in [6.45, 7) is 2.41. The van der Waals surface area contributed by atoms with Crippen LogP contribution in [0.2, 0.25) is 0 Å². The van der Waals surface area contributed by atoms with Crippen LogP contribution in [0.4, 0.5) is 0 Å². The van der Waals surface area contributed by atoms with Gasteiger partial charge < -0.3 is 20.3 Å². The molecule has 1 aliphatic heterocycles. The fourth-order valence-electron chi connectivity index (χ4n) is 3.09. The molecule has 2 aromatic rings.